The number of carbonyl (C=O) groups excluding carboxylic acids is 1. The fourth-order valence-electron chi connectivity index (χ4n) is 4.80. The quantitative estimate of drug-likeness (QED) is 0.124. The Bertz CT molecular complexity index is 1520. The van der Waals surface area contributed by atoms with Crippen LogP contribution in [0.15, 0.2) is 84.6 Å². The molecule has 5 rings (SSSR count). The fraction of sp³-hybridized carbons (Fsp3) is 0.290. The third-order valence-electron chi connectivity index (χ3n) is 7.02. The van der Waals surface area contributed by atoms with Crippen LogP contribution in [0.25, 0.3) is 22.0 Å². The number of benzene rings is 2. The van der Waals surface area contributed by atoms with Gasteiger partial charge in [0.15, 0.2) is 0 Å². The van der Waals surface area contributed by atoms with Gasteiger partial charge in [-0.3, -0.25) is 9.89 Å². The molecule has 0 bridgehead atoms. The molecule has 7 nitrogen and oxygen atoms in total. The molecule has 1 amide bonds. The van der Waals surface area contributed by atoms with Gasteiger partial charge in [0.2, 0.25) is 11.9 Å². The zero-order chi connectivity index (χ0) is 29.5. The highest BCUT2D eigenvalue weighted by Gasteiger charge is 2.32. The lowest BCUT2D eigenvalue weighted by molar-refractivity contribution is -0.129. The molecule has 3 aromatic rings. The van der Waals surface area contributed by atoms with Crippen molar-refractivity contribution in [3.63, 3.8) is 0 Å². The summed E-state index contributed by atoms with van der Waals surface area (Å²) >= 11 is 0. The van der Waals surface area contributed by atoms with Crippen LogP contribution >= 0.6 is 0 Å². The summed E-state index contributed by atoms with van der Waals surface area (Å²) in [5.41, 5.74) is 2.16. The van der Waals surface area contributed by atoms with E-state index in [1.165, 1.54) is 6.07 Å². The molecule has 2 aliphatic rings. The molecule has 1 aromatic heterocycles. The lowest BCUT2D eigenvalue weighted by atomic mass is 9.86. The number of carbonyl (C=O) groups is 1. The van der Waals surface area contributed by atoms with Gasteiger partial charge in [-0.25, -0.2) is 0 Å². The second-order valence-electron chi connectivity index (χ2n) is 9.99. The largest absolute Gasteiger partial charge is 0.393 e. The number of hydrogen-bond donors (Lipinski definition) is 3. The minimum atomic E-state index is -4.48. The number of rotatable bonds is 11. The van der Waals surface area contributed by atoms with Crippen LogP contribution in [-0.2, 0) is 9.53 Å². The number of fused-ring (bicyclic) bond motifs is 1. The summed E-state index contributed by atoms with van der Waals surface area (Å²) < 4.78 is 61.9. The van der Waals surface area contributed by atoms with E-state index in [2.05, 4.69) is 20.8 Å². The number of H-pyrrole nitrogens is 1. The summed E-state index contributed by atoms with van der Waals surface area (Å²) in [7, 11) is 0. The van der Waals surface area contributed by atoms with Gasteiger partial charge in [-0.15, -0.1) is 5.10 Å². The Hall–Kier alpha value is -4.22. The lowest BCUT2D eigenvalue weighted by Crippen LogP contribution is -2.41. The summed E-state index contributed by atoms with van der Waals surface area (Å²) in [4.78, 5) is 13.6. The fourth-order valence-corrected chi connectivity index (χ4v) is 4.80. The third kappa shape index (κ3) is 7.34. The highest BCUT2D eigenvalue weighted by Crippen LogP contribution is 2.40. The molecule has 1 atom stereocenters. The Balaban J connectivity index is 1.31. The number of aromatic amines is 1. The molecule has 220 valence electrons. The molecule has 0 aliphatic carbocycles. The highest BCUT2D eigenvalue weighted by atomic mass is 19.4. The first-order valence-electron chi connectivity index (χ1n) is 13.7. The summed E-state index contributed by atoms with van der Waals surface area (Å²) in [5.74, 6) is -0.706. The monoisotopic (exact) mass is 581 g/mol. The van der Waals surface area contributed by atoms with Crippen molar-refractivity contribution in [2.45, 2.75) is 25.2 Å². The van der Waals surface area contributed by atoms with Gasteiger partial charge in [-0.1, -0.05) is 48.6 Å². The Morgan fingerprint density at radius 2 is 1.95 bits per heavy atom. The number of aromatic nitrogens is 2. The SMILES string of the molecule is O=C(/C=C/CNCCOC1C=CC(/C(=C(/CC(F)(F)F)c2ccccc2)c2ccc3[nH]nc(F)c3c2)=CN1)N1CCC1. The number of alkyl halides is 3. The third-order valence-corrected chi connectivity index (χ3v) is 7.02. The van der Waals surface area contributed by atoms with Crippen LogP contribution < -0.4 is 10.6 Å². The van der Waals surface area contributed by atoms with Crippen molar-refractivity contribution in [1.29, 1.82) is 0 Å². The van der Waals surface area contributed by atoms with Crippen molar-refractivity contribution in [2.24, 2.45) is 0 Å². The summed E-state index contributed by atoms with van der Waals surface area (Å²) in [5, 5.41) is 12.6. The van der Waals surface area contributed by atoms with Gasteiger partial charge in [0.05, 0.1) is 23.9 Å². The van der Waals surface area contributed by atoms with E-state index in [1.54, 1.807) is 77.9 Å². The molecule has 11 heteroatoms. The number of amides is 1. The number of nitrogens with zero attached hydrogens (tertiary/aromatic N) is 2. The van der Waals surface area contributed by atoms with Crippen LogP contribution in [0, 0.1) is 5.95 Å². The molecular formula is C31H31F4N5O2. The van der Waals surface area contributed by atoms with E-state index in [1.807, 2.05) is 0 Å². The predicted octanol–water partition coefficient (Wildman–Crippen LogP) is 5.33. The van der Waals surface area contributed by atoms with E-state index in [-0.39, 0.29) is 16.9 Å². The first kappa shape index (κ1) is 29.3. The van der Waals surface area contributed by atoms with Gasteiger partial charge >= 0.3 is 6.18 Å². The van der Waals surface area contributed by atoms with Gasteiger partial charge in [-0.05, 0) is 52.5 Å². The van der Waals surface area contributed by atoms with Crippen molar-refractivity contribution in [3.8, 4) is 0 Å². The van der Waals surface area contributed by atoms with Crippen molar-refractivity contribution in [2.75, 3.05) is 32.8 Å². The summed E-state index contributed by atoms with van der Waals surface area (Å²) in [6, 6.07) is 13.1. The molecule has 0 radical (unpaired) electrons. The molecule has 1 unspecified atom stereocenters. The molecule has 2 aliphatic heterocycles. The maximum Gasteiger partial charge on any atom is 0.393 e. The summed E-state index contributed by atoms with van der Waals surface area (Å²) in [6.07, 6.45) is 3.31. The van der Waals surface area contributed by atoms with Gasteiger partial charge in [-0.2, -0.15) is 17.6 Å². The number of likely N-dealkylation sites (tertiary alicyclic amines) is 1. The molecule has 2 aromatic carbocycles. The topological polar surface area (TPSA) is 82.3 Å². The molecule has 1 fully saturated rings. The lowest BCUT2D eigenvalue weighted by Gasteiger charge is -2.29. The number of hydrogen-bond acceptors (Lipinski definition) is 5. The van der Waals surface area contributed by atoms with Gasteiger partial charge in [0.1, 0.15) is 6.23 Å². The van der Waals surface area contributed by atoms with Crippen LogP contribution in [0.5, 0.6) is 0 Å². The van der Waals surface area contributed by atoms with E-state index < -0.39 is 24.8 Å². The van der Waals surface area contributed by atoms with E-state index in [0.717, 1.165) is 19.5 Å². The van der Waals surface area contributed by atoms with E-state index in [9.17, 15) is 22.4 Å². The zero-order valence-electron chi connectivity index (χ0n) is 22.8. The van der Waals surface area contributed by atoms with Crippen LogP contribution in [0.4, 0.5) is 17.6 Å². The maximum atomic E-state index is 14.4. The van der Waals surface area contributed by atoms with Crippen LogP contribution in [0.2, 0.25) is 0 Å². The van der Waals surface area contributed by atoms with E-state index >= 15 is 0 Å². The number of allylic oxidation sites excluding steroid dienone is 4. The predicted molar refractivity (Wildman–Crippen MR) is 153 cm³/mol. The standard InChI is InChI=1S/C31H31F4N5O2/c32-30-24-18-22(9-11-26(24)38-39-30)29(25(19-31(33,34)35)21-6-2-1-3-7-21)23-10-12-27(37-20-23)42-17-14-36-13-4-8-28(41)40-15-5-16-40/h1-4,6-12,18,20,27,36-37H,5,13-17,19H2,(H,38,39)/b8-4+,29-25-. The highest BCUT2D eigenvalue weighted by molar-refractivity contribution is 6.01. The Morgan fingerprint density at radius 1 is 1.14 bits per heavy atom. The number of ether oxygens (including phenoxy) is 1. The van der Waals surface area contributed by atoms with Crippen LogP contribution in [0.3, 0.4) is 0 Å². The molecule has 3 heterocycles. The Kier molecular flexibility index (Phi) is 9.19. The van der Waals surface area contributed by atoms with E-state index in [4.69, 9.17) is 4.74 Å². The van der Waals surface area contributed by atoms with Gasteiger partial charge in [0.25, 0.3) is 0 Å². The Morgan fingerprint density at radius 3 is 2.64 bits per heavy atom. The average molecular weight is 582 g/mol. The van der Waals surface area contributed by atoms with Gasteiger partial charge < -0.3 is 20.3 Å². The molecule has 3 N–H and O–H groups in total. The number of dihydropyridines is 1. The molecule has 0 saturated carbocycles. The molecule has 42 heavy (non-hydrogen) atoms. The van der Waals surface area contributed by atoms with Gasteiger partial charge in [0, 0.05) is 38.5 Å². The zero-order valence-corrected chi connectivity index (χ0v) is 22.8. The van der Waals surface area contributed by atoms with Crippen molar-refractivity contribution in [1.82, 2.24) is 25.7 Å². The molecule has 0 spiro atoms. The molecule has 1 saturated heterocycles. The smallest absolute Gasteiger partial charge is 0.362 e. The van der Waals surface area contributed by atoms with Crippen molar-refractivity contribution >= 4 is 28.0 Å². The van der Waals surface area contributed by atoms with Crippen LogP contribution in [-0.4, -0.2) is 66.2 Å². The Labute approximate surface area is 240 Å². The normalized spacial score (nSPS) is 17.7. The molecular weight excluding hydrogens is 550 g/mol. The summed E-state index contributed by atoms with van der Waals surface area (Å²) in [6.45, 7) is 3.05. The van der Waals surface area contributed by atoms with E-state index in [0.29, 0.717) is 47.5 Å². The maximum absolute atomic E-state index is 14.4. The first-order chi connectivity index (χ1) is 20.3. The number of halogens is 4. The number of nitrogens with one attached hydrogen (secondary N) is 3. The van der Waals surface area contributed by atoms with Crippen LogP contribution in [0.1, 0.15) is 24.0 Å². The van der Waals surface area contributed by atoms with Crippen molar-refractivity contribution in [3.05, 3.63) is 102 Å². The first-order valence-corrected chi connectivity index (χ1v) is 13.7. The second-order valence-corrected chi connectivity index (χ2v) is 9.99. The second kappa shape index (κ2) is 13.2. The van der Waals surface area contributed by atoms with Crippen molar-refractivity contribution < 1.29 is 27.1 Å². The average Bonchev–Trinajstić information content (AvgIpc) is 3.31. The minimum Gasteiger partial charge on any atom is -0.362 e. The minimum absolute atomic E-state index is 0.0207.